The molecule has 0 bridgehead atoms. The fourth-order valence-electron chi connectivity index (χ4n) is 2.04. The molecule has 0 saturated carbocycles. The molecule has 0 unspecified atom stereocenters. The van der Waals surface area contributed by atoms with Crippen molar-refractivity contribution in [2.75, 3.05) is 7.11 Å². The molecule has 25 heavy (non-hydrogen) atoms. The molecule has 0 amide bonds. The number of hydrogen-bond acceptors (Lipinski definition) is 4. The molecule has 2 N–H and O–H groups in total. The summed E-state index contributed by atoms with van der Waals surface area (Å²) in [6.07, 6.45) is 0.803. The number of benzene rings is 3. The van der Waals surface area contributed by atoms with Gasteiger partial charge < -0.3 is 15.2 Å². The van der Waals surface area contributed by atoms with Crippen LogP contribution in [0.1, 0.15) is 15.9 Å². The van der Waals surface area contributed by atoms with Crippen molar-refractivity contribution >= 4 is 6.29 Å². The van der Waals surface area contributed by atoms with Crippen molar-refractivity contribution in [3.05, 3.63) is 90.0 Å². The third-order valence-electron chi connectivity index (χ3n) is 3.37. The number of para-hydroxylation sites is 1. The summed E-state index contributed by atoms with van der Waals surface area (Å²) < 4.78 is 10.5. The Morgan fingerprint density at radius 1 is 0.840 bits per heavy atom. The van der Waals surface area contributed by atoms with E-state index >= 15 is 0 Å². The van der Waals surface area contributed by atoms with Gasteiger partial charge >= 0.3 is 0 Å². The summed E-state index contributed by atoms with van der Waals surface area (Å²) in [5.41, 5.74) is 7.14. The molecule has 0 aliphatic heterocycles. The molecule has 0 fully saturated rings. The van der Waals surface area contributed by atoms with Crippen LogP contribution in [0.15, 0.2) is 78.9 Å². The third kappa shape index (κ3) is 6.12. The highest BCUT2D eigenvalue weighted by Gasteiger charge is 1.97. The fraction of sp³-hybridized carbons (Fsp3) is 0.0952. The molecule has 0 radical (unpaired) electrons. The van der Waals surface area contributed by atoms with Gasteiger partial charge in [-0.1, -0.05) is 42.5 Å². The first kappa shape index (κ1) is 18.2. The van der Waals surface area contributed by atoms with E-state index in [9.17, 15) is 4.79 Å². The molecule has 3 aromatic carbocycles. The van der Waals surface area contributed by atoms with Crippen LogP contribution in [0.25, 0.3) is 0 Å². The van der Waals surface area contributed by atoms with E-state index in [2.05, 4.69) is 0 Å². The van der Waals surface area contributed by atoms with Crippen molar-refractivity contribution in [2.24, 2.45) is 5.73 Å². The van der Waals surface area contributed by atoms with E-state index < -0.39 is 0 Å². The van der Waals surface area contributed by atoms with Gasteiger partial charge in [-0.25, -0.2) is 0 Å². The molecule has 0 saturated heterocycles. The van der Waals surface area contributed by atoms with E-state index in [-0.39, 0.29) is 0 Å². The summed E-state index contributed by atoms with van der Waals surface area (Å²) in [6.45, 7) is 0.587. The van der Waals surface area contributed by atoms with Gasteiger partial charge in [-0.05, 0) is 42.0 Å². The SMILES string of the molecule is COc1ccc(CN)cc1.O=Cc1cccc(Oc2ccccc2)c1. The van der Waals surface area contributed by atoms with Crippen molar-refractivity contribution in [3.8, 4) is 17.2 Å². The van der Waals surface area contributed by atoms with Gasteiger partial charge in [-0.3, -0.25) is 4.79 Å². The van der Waals surface area contributed by atoms with Gasteiger partial charge in [0.2, 0.25) is 0 Å². The van der Waals surface area contributed by atoms with Gasteiger partial charge in [-0.2, -0.15) is 0 Å². The topological polar surface area (TPSA) is 61.5 Å². The van der Waals surface area contributed by atoms with Crippen molar-refractivity contribution in [2.45, 2.75) is 6.54 Å². The van der Waals surface area contributed by atoms with Gasteiger partial charge in [0, 0.05) is 12.1 Å². The average Bonchev–Trinajstić information content (AvgIpc) is 2.69. The van der Waals surface area contributed by atoms with E-state index in [0.29, 0.717) is 17.9 Å². The van der Waals surface area contributed by atoms with E-state index in [0.717, 1.165) is 23.3 Å². The molecule has 0 aliphatic rings. The lowest BCUT2D eigenvalue weighted by atomic mass is 10.2. The highest BCUT2D eigenvalue weighted by atomic mass is 16.5. The highest BCUT2D eigenvalue weighted by molar-refractivity contribution is 5.75. The largest absolute Gasteiger partial charge is 0.497 e. The quantitative estimate of drug-likeness (QED) is 0.700. The summed E-state index contributed by atoms with van der Waals surface area (Å²) in [5, 5.41) is 0. The third-order valence-corrected chi connectivity index (χ3v) is 3.37. The zero-order valence-electron chi connectivity index (χ0n) is 14.1. The molecule has 4 heteroatoms. The Bertz CT molecular complexity index is 748. The zero-order chi connectivity index (χ0) is 17.9. The van der Waals surface area contributed by atoms with Crippen LogP contribution in [0.2, 0.25) is 0 Å². The van der Waals surface area contributed by atoms with Crippen molar-refractivity contribution < 1.29 is 14.3 Å². The predicted molar refractivity (Wildman–Crippen MR) is 99.2 cm³/mol. The Hall–Kier alpha value is -3.11. The van der Waals surface area contributed by atoms with Crippen LogP contribution < -0.4 is 15.2 Å². The van der Waals surface area contributed by atoms with Crippen LogP contribution in [0, 0.1) is 0 Å². The Labute approximate surface area is 147 Å². The standard InChI is InChI=1S/C13H10O2.C8H11NO/c14-10-11-5-4-8-13(9-11)15-12-6-2-1-3-7-12;1-10-8-4-2-7(6-9)3-5-8/h1-10H;2-5H,6,9H2,1H3. The van der Waals surface area contributed by atoms with Gasteiger partial charge in [0.25, 0.3) is 0 Å². The lowest BCUT2D eigenvalue weighted by molar-refractivity contribution is 0.112. The van der Waals surface area contributed by atoms with Crippen molar-refractivity contribution in [1.82, 2.24) is 0 Å². The van der Waals surface area contributed by atoms with E-state index in [1.165, 1.54) is 0 Å². The Morgan fingerprint density at radius 3 is 2.12 bits per heavy atom. The maximum Gasteiger partial charge on any atom is 0.150 e. The molecule has 3 aromatic rings. The number of rotatable bonds is 5. The second-order valence-corrected chi connectivity index (χ2v) is 5.16. The van der Waals surface area contributed by atoms with Crippen LogP contribution in [0.4, 0.5) is 0 Å². The summed E-state index contributed by atoms with van der Waals surface area (Å²) in [5.74, 6) is 2.31. The molecular formula is C21H21NO3. The fourth-order valence-corrected chi connectivity index (χ4v) is 2.04. The second-order valence-electron chi connectivity index (χ2n) is 5.16. The lowest BCUT2D eigenvalue weighted by Crippen LogP contribution is -1.95. The molecule has 3 rings (SSSR count). The molecule has 0 aromatic heterocycles. The predicted octanol–water partition coefficient (Wildman–Crippen LogP) is 4.45. The minimum Gasteiger partial charge on any atom is -0.497 e. The maximum absolute atomic E-state index is 10.6. The number of nitrogens with two attached hydrogens (primary N) is 1. The number of carbonyl (C=O) groups excluding carboxylic acids is 1. The summed E-state index contributed by atoms with van der Waals surface area (Å²) >= 11 is 0. The molecule has 4 nitrogen and oxygen atoms in total. The summed E-state index contributed by atoms with van der Waals surface area (Å²) in [7, 11) is 1.65. The second kappa shape index (κ2) is 9.90. The maximum atomic E-state index is 10.6. The van der Waals surface area contributed by atoms with E-state index in [4.69, 9.17) is 15.2 Å². The lowest BCUT2D eigenvalue weighted by Gasteiger charge is -2.04. The number of aldehydes is 1. The van der Waals surface area contributed by atoms with Crippen LogP contribution in [-0.4, -0.2) is 13.4 Å². The van der Waals surface area contributed by atoms with E-state index in [1.807, 2.05) is 60.7 Å². The van der Waals surface area contributed by atoms with E-state index in [1.54, 1.807) is 25.3 Å². The highest BCUT2D eigenvalue weighted by Crippen LogP contribution is 2.21. The number of hydrogen-bond donors (Lipinski definition) is 1. The van der Waals surface area contributed by atoms with Crippen LogP contribution in [0.3, 0.4) is 0 Å². The Kier molecular flexibility index (Phi) is 7.22. The first-order chi connectivity index (χ1) is 12.2. The van der Waals surface area contributed by atoms with Gasteiger partial charge in [0.15, 0.2) is 0 Å². The van der Waals surface area contributed by atoms with Crippen molar-refractivity contribution in [3.63, 3.8) is 0 Å². The Balaban J connectivity index is 0.000000196. The molecule has 0 aliphatic carbocycles. The van der Waals surface area contributed by atoms with Gasteiger partial charge in [0.05, 0.1) is 7.11 Å². The van der Waals surface area contributed by atoms with Crippen LogP contribution in [0.5, 0.6) is 17.2 Å². The Morgan fingerprint density at radius 2 is 1.52 bits per heavy atom. The smallest absolute Gasteiger partial charge is 0.150 e. The normalized spacial score (nSPS) is 9.52. The van der Waals surface area contributed by atoms with Gasteiger partial charge in [-0.15, -0.1) is 0 Å². The summed E-state index contributed by atoms with van der Waals surface area (Å²) in [4.78, 5) is 10.6. The monoisotopic (exact) mass is 335 g/mol. The number of ether oxygens (including phenoxy) is 2. The van der Waals surface area contributed by atoms with Crippen molar-refractivity contribution in [1.29, 1.82) is 0 Å². The molecule has 0 atom stereocenters. The molecule has 0 spiro atoms. The average molecular weight is 335 g/mol. The minimum atomic E-state index is 0.587. The van der Waals surface area contributed by atoms with Gasteiger partial charge in [0.1, 0.15) is 23.5 Å². The minimum absolute atomic E-state index is 0.587. The zero-order valence-corrected chi connectivity index (χ0v) is 14.1. The number of methoxy groups -OCH3 is 1. The molecule has 0 heterocycles. The van der Waals surface area contributed by atoms with Crippen LogP contribution >= 0.6 is 0 Å². The molecule has 128 valence electrons. The van der Waals surface area contributed by atoms with Crippen LogP contribution in [-0.2, 0) is 6.54 Å². The first-order valence-corrected chi connectivity index (χ1v) is 7.86. The number of carbonyl (C=O) groups is 1. The first-order valence-electron chi connectivity index (χ1n) is 7.86. The summed E-state index contributed by atoms with van der Waals surface area (Å²) in [6, 6.07) is 24.3. The molecular weight excluding hydrogens is 314 g/mol.